The molecule has 1 atom stereocenters. The highest BCUT2D eigenvalue weighted by atomic mass is 16.5. The molecule has 2 aromatic carbocycles. The SMILES string of the molecule is c1ccc2c(c1)CO[C@H](c1cnc3ccccc3n1)N2. The van der Waals surface area contributed by atoms with Crippen LogP contribution >= 0.6 is 0 Å². The summed E-state index contributed by atoms with van der Waals surface area (Å²) in [6.45, 7) is 0.586. The summed E-state index contributed by atoms with van der Waals surface area (Å²) < 4.78 is 5.83. The van der Waals surface area contributed by atoms with Crippen molar-refractivity contribution in [1.82, 2.24) is 9.97 Å². The highest BCUT2D eigenvalue weighted by Gasteiger charge is 2.20. The fraction of sp³-hybridized carbons (Fsp3) is 0.125. The quantitative estimate of drug-likeness (QED) is 0.732. The van der Waals surface area contributed by atoms with Gasteiger partial charge in [-0.2, -0.15) is 0 Å². The Bertz CT molecular complexity index is 772. The molecule has 0 bridgehead atoms. The standard InChI is InChI=1S/C16H13N3O/c1-2-6-12-11(5-1)10-20-16(19-12)15-9-17-13-7-3-4-8-14(13)18-15/h1-9,16,19H,10H2/t16-/m1/s1. The Morgan fingerprint density at radius 3 is 2.75 bits per heavy atom. The fourth-order valence-electron chi connectivity index (χ4n) is 2.40. The number of para-hydroxylation sites is 3. The lowest BCUT2D eigenvalue weighted by atomic mass is 10.1. The van der Waals surface area contributed by atoms with Gasteiger partial charge in [0.1, 0.15) is 5.69 Å². The van der Waals surface area contributed by atoms with Crippen molar-refractivity contribution in [2.75, 3.05) is 5.32 Å². The van der Waals surface area contributed by atoms with Crippen LogP contribution in [0.3, 0.4) is 0 Å². The van der Waals surface area contributed by atoms with Crippen LogP contribution in [0.4, 0.5) is 5.69 Å². The van der Waals surface area contributed by atoms with Crippen molar-refractivity contribution in [3.05, 3.63) is 66.0 Å². The lowest BCUT2D eigenvalue weighted by Gasteiger charge is -2.26. The Hall–Kier alpha value is -2.46. The molecule has 4 rings (SSSR count). The number of aromatic nitrogens is 2. The Morgan fingerprint density at radius 2 is 1.80 bits per heavy atom. The molecule has 1 aromatic heterocycles. The van der Waals surface area contributed by atoms with Gasteiger partial charge in [0.15, 0.2) is 6.23 Å². The van der Waals surface area contributed by atoms with Gasteiger partial charge in [0.05, 0.1) is 23.8 Å². The van der Waals surface area contributed by atoms with Crippen molar-refractivity contribution in [3.8, 4) is 0 Å². The lowest BCUT2D eigenvalue weighted by Crippen LogP contribution is -2.21. The van der Waals surface area contributed by atoms with Crippen molar-refractivity contribution in [2.45, 2.75) is 12.8 Å². The molecular weight excluding hydrogens is 250 g/mol. The molecule has 1 aliphatic rings. The van der Waals surface area contributed by atoms with Crippen molar-refractivity contribution >= 4 is 16.7 Å². The van der Waals surface area contributed by atoms with Crippen molar-refractivity contribution in [1.29, 1.82) is 0 Å². The van der Waals surface area contributed by atoms with E-state index >= 15 is 0 Å². The number of rotatable bonds is 1. The zero-order chi connectivity index (χ0) is 13.4. The Morgan fingerprint density at radius 1 is 1.00 bits per heavy atom. The molecule has 0 aliphatic carbocycles. The van der Waals surface area contributed by atoms with E-state index in [-0.39, 0.29) is 6.23 Å². The smallest absolute Gasteiger partial charge is 0.173 e. The lowest BCUT2D eigenvalue weighted by molar-refractivity contribution is 0.0480. The third kappa shape index (κ3) is 1.90. The topological polar surface area (TPSA) is 47.0 Å². The number of hydrogen-bond donors (Lipinski definition) is 1. The van der Waals surface area contributed by atoms with Gasteiger partial charge >= 0.3 is 0 Å². The number of nitrogens with one attached hydrogen (secondary N) is 1. The number of anilines is 1. The monoisotopic (exact) mass is 263 g/mol. The summed E-state index contributed by atoms with van der Waals surface area (Å²) in [5.74, 6) is 0. The predicted molar refractivity (Wildman–Crippen MR) is 77.1 cm³/mol. The van der Waals surface area contributed by atoms with Crippen LogP contribution in [-0.4, -0.2) is 9.97 Å². The second kappa shape index (κ2) is 4.58. The van der Waals surface area contributed by atoms with Gasteiger partial charge in [-0.25, -0.2) is 4.98 Å². The second-order valence-electron chi connectivity index (χ2n) is 4.78. The van der Waals surface area contributed by atoms with Gasteiger partial charge in [0.2, 0.25) is 0 Å². The zero-order valence-corrected chi connectivity index (χ0v) is 10.8. The summed E-state index contributed by atoms with van der Waals surface area (Å²) in [7, 11) is 0. The van der Waals surface area contributed by atoms with Crippen LogP contribution in [0.1, 0.15) is 17.5 Å². The van der Waals surface area contributed by atoms with Crippen LogP contribution in [-0.2, 0) is 11.3 Å². The first kappa shape index (κ1) is 11.4. The van der Waals surface area contributed by atoms with Crippen LogP contribution in [0.2, 0.25) is 0 Å². The molecule has 2 heterocycles. The van der Waals surface area contributed by atoms with Gasteiger partial charge in [-0.3, -0.25) is 4.98 Å². The van der Waals surface area contributed by atoms with Gasteiger partial charge in [0, 0.05) is 11.3 Å². The Balaban J connectivity index is 1.70. The van der Waals surface area contributed by atoms with E-state index in [9.17, 15) is 0 Å². The van der Waals surface area contributed by atoms with Crippen LogP contribution in [0, 0.1) is 0 Å². The van der Waals surface area contributed by atoms with Crippen molar-refractivity contribution in [2.24, 2.45) is 0 Å². The summed E-state index contributed by atoms with van der Waals surface area (Å²) >= 11 is 0. The molecule has 1 aliphatic heterocycles. The van der Waals surface area contributed by atoms with E-state index in [1.54, 1.807) is 6.20 Å². The van der Waals surface area contributed by atoms with Crippen LogP contribution in [0.15, 0.2) is 54.7 Å². The van der Waals surface area contributed by atoms with Crippen molar-refractivity contribution < 1.29 is 4.74 Å². The average Bonchev–Trinajstić information content (AvgIpc) is 2.54. The molecule has 0 saturated heterocycles. The molecule has 3 aromatic rings. The molecule has 0 radical (unpaired) electrons. The number of fused-ring (bicyclic) bond motifs is 2. The molecule has 0 unspecified atom stereocenters. The normalized spacial score (nSPS) is 17.5. The Labute approximate surface area is 116 Å². The zero-order valence-electron chi connectivity index (χ0n) is 10.8. The minimum atomic E-state index is -0.248. The molecule has 4 nitrogen and oxygen atoms in total. The second-order valence-corrected chi connectivity index (χ2v) is 4.78. The molecule has 1 N–H and O–H groups in total. The highest BCUT2D eigenvalue weighted by Crippen LogP contribution is 2.29. The van der Waals surface area contributed by atoms with Gasteiger partial charge < -0.3 is 10.1 Å². The maximum Gasteiger partial charge on any atom is 0.173 e. The summed E-state index contributed by atoms with van der Waals surface area (Å²) in [5.41, 5.74) is 4.84. The van der Waals surface area contributed by atoms with Crippen LogP contribution in [0.25, 0.3) is 11.0 Å². The first-order chi connectivity index (χ1) is 9.90. The molecule has 4 heteroatoms. The molecular formula is C16H13N3O. The summed E-state index contributed by atoms with van der Waals surface area (Å²) in [4.78, 5) is 9.05. The summed E-state index contributed by atoms with van der Waals surface area (Å²) in [5, 5.41) is 3.35. The largest absolute Gasteiger partial charge is 0.355 e. The predicted octanol–water partition coefficient (Wildman–Crippen LogP) is 3.27. The van der Waals surface area contributed by atoms with E-state index < -0.39 is 0 Å². The van der Waals surface area contributed by atoms with Gasteiger partial charge in [-0.15, -0.1) is 0 Å². The molecule has 0 amide bonds. The van der Waals surface area contributed by atoms with Crippen LogP contribution in [0.5, 0.6) is 0 Å². The van der Waals surface area contributed by atoms with E-state index in [0.29, 0.717) is 6.61 Å². The fourth-order valence-corrected chi connectivity index (χ4v) is 2.40. The summed E-state index contributed by atoms with van der Waals surface area (Å²) in [6, 6.07) is 16.0. The number of hydrogen-bond acceptors (Lipinski definition) is 4. The average molecular weight is 263 g/mol. The maximum atomic E-state index is 5.83. The number of nitrogens with zero attached hydrogens (tertiary/aromatic N) is 2. The van der Waals surface area contributed by atoms with E-state index in [1.807, 2.05) is 36.4 Å². The maximum absolute atomic E-state index is 5.83. The first-order valence-corrected chi connectivity index (χ1v) is 6.58. The highest BCUT2D eigenvalue weighted by molar-refractivity contribution is 5.73. The molecule has 0 fully saturated rings. The van der Waals surface area contributed by atoms with Gasteiger partial charge in [-0.1, -0.05) is 30.3 Å². The first-order valence-electron chi connectivity index (χ1n) is 6.58. The Kier molecular flexibility index (Phi) is 2.60. The van der Waals surface area contributed by atoms with E-state index in [4.69, 9.17) is 4.74 Å². The van der Waals surface area contributed by atoms with E-state index in [1.165, 1.54) is 0 Å². The van der Waals surface area contributed by atoms with Crippen molar-refractivity contribution in [3.63, 3.8) is 0 Å². The molecule has 0 spiro atoms. The third-order valence-corrected chi connectivity index (χ3v) is 3.45. The minimum absolute atomic E-state index is 0.248. The summed E-state index contributed by atoms with van der Waals surface area (Å²) in [6.07, 6.45) is 1.52. The molecule has 20 heavy (non-hydrogen) atoms. The molecule has 98 valence electrons. The van der Waals surface area contributed by atoms with Gasteiger partial charge in [0.25, 0.3) is 0 Å². The number of ether oxygens (including phenoxy) is 1. The van der Waals surface area contributed by atoms with E-state index in [2.05, 4.69) is 27.4 Å². The van der Waals surface area contributed by atoms with Crippen LogP contribution < -0.4 is 5.32 Å². The van der Waals surface area contributed by atoms with Gasteiger partial charge in [-0.05, 0) is 18.2 Å². The molecule has 0 saturated carbocycles. The number of benzene rings is 2. The minimum Gasteiger partial charge on any atom is -0.355 e. The van der Waals surface area contributed by atoms with E-state index in [0.717, 1.165) is 28.0 Å². The third-order valence-electron chi connectivity index (χ3n) is 3.45.